The molecule has 0 radical (unpaired) electrons. The van der Waals surface area contributed by atoms with Crippen molar-refractivity contribution in [1.29, 1.82) is 0 Å². The van der Waals surface area contributed by atoms with Gasteiger partial charge in [0.25, 0.3) is 0 Å². The fourth-order valence-corrected chi connectivity index (χ4v) is 0.895. The van der Waals surface area contributed by atoms with Gasteiger partial charge in [0.1, 0.15) is 5.78 Å². The van der Waals surface area contributed by atoms with E-state index in [0.29, 0.717) is 6.42 Å². The Morgan fingerprint density at radius 2 is 1.92 bits per heavy atom. The van der Waals surface area contributed by atoms with E-state index < -0.39 is 0 Å². The van der Waals surface area contributed by atoms with Gasteiger partial charge in [0.15, 0.2) is 0 Å². The summed E-state index contributed by atoms with van der Waals surface area (Å²) < 4.78 is 0. The molecule has 0 aliphatic heterocycles. The zero-order valence-corrected chi connectivity index (χ0v) is 8.00. The molecular weight excluding hydrogens is 148 g/mol. The Morgan fingerprint density at radius 3 is 2.33 bits per heavy atom. The third-order valence-corrected chi connectivity index (χ3v) is 1.34. The standard InChI is InChI=1S/C11H16O/c1-4-6-8-11(7-5-2)9-10(3)12/h4-8H,9H2,1-3H3/b6-4-,7-5-,11-8+. The maximum Gasteiger partial charge on any atom is 0.134 e. The minimum Gasteiger partial charge on any atom is -0.300 e. The minimum atomic E-state index is 0.198. The number of hydrogen-bond acceptors (Lipinski definition) is 1. The molecule has 0 aliphatic carbocycles. The quantitative estimate of drug-likeness (QED) is 0.584. The molecule has 0 saturated carbocycles. The van der Waals surface area contributed by atoms with Gasteiger partial charge in [-0.1, -0.05) is 30.4 Å². The predicted molar refractivity (Wildman–Crippen MR) is 53.0 cm³/mol. The van der Waals surface area contributed by atoms with Crippen molar-refractivity contribution in [3.05, 3.63) is 36.0 Å². The topological polar surface area (TPSA) is 17.1 Å². The molecule has 0 fully saturated rings. The van der Waals surface area contributed by atoms with Crippen LogP contribution in [0.3, 0.4) is 0 Å². The summed E-state index contributed by atoms with van der Waals surface area (Å²) in [5.74, 6) is 0.198. The van der Waals surface area contributed by atoms with Crippen molar-refractivity contribution >= 4 is 5.78 Å². The van der Waals surface area contributed by atoms with Crippen LogP contribution in [0.5, 0.6) is 0 Å². The van der Waals surface area contributed by atoms with E-state index in [-0.39, 0.29) is 5.78 Å². The second-order valence-corrected chi connectivity index (χ2v) is 2.65. The molecule has 0 bridgehead atoms. The zero-order chi connectivity index (χ0) is 9.40. The van der Waals surface area contributed by atoms with Gasteiger partial charge >= 0.3 is 0 Å². The molecule has 0 aliphatic rings. The van der Waals surface area contributed by atoms with Crippen molar-refractivity contribution in [2.75, 3.05) is 0 Å². The normalized spacial score (nSPS) is 13.1. The summed E-state index contributed by atoms with van der Waals surface area (Å²) in [6.07, 6.45) is 10.3. The van der Waals surface area contributed by atoms with Gasteiger partial charge in [-0.2, -0.15) is 0 Å². The molecule has 0 unspecified atom stereocenters. The average Bonchev–Trinajstić information content (AvgIpc) is 2.00. The first-order valence-corrected chi connectivity index (χ1v) is 4.14. The molecule has 0 atom stereocenters. The van der Waals surface area contributed by atoms with E-state index in [9.17, 15) is 4.79 Å². The van der Waals surface area contributed by atoms with Gasteiger partial charge in [0.2, 0.25) is 0 Å². The van der Waals surface area contributed by atoms with Crippen LogP contribution in [0.15, 0.2) is 36.0 Å². The lowest BCUT2D eigenvalue weighted by molar-refractivity contribution is -0.116. The summed E-state index contributed by atoms with van der Waals surface area (Å²) in [6.45, 7) is 5.51. The Kier molecular flexibility index (Phi) is 5.98. The lowest BCUT2D eigenvalue weighted by atomic mass is 10.1. The predicted octanol–water partition coefficient (Wildman–Crippen LogP) is 3.04. The van der Waals surface area contributed by atoms with Crippen LogP contribution in [0.2, 0.25) is 0 Å². The molecule has 66 valence electrons. The number of carbonyl (C=O) groups is 1. The van der Waals surface area contributed by atoms with E-state index in [0.717, 1.165) is 5.57 Å². The van der Waals surface area contributed by atoms with E-state index in [4.69, 9.17) is 0 Å². The van der Waals surface area contributed by atoms with Crippen LogP contribution in [0.25, 0.3) is 0 Å². The highest BCUT2D eigenvalue weighted by Crippen LogP contribution is 2.04. The van der Waals surface area contributed by atoms with Crippen molar-refractivity contribution in [1.82, 2.24) is 0 Å². The van der Waals surface area contributed by atoms with Crippen molar-refractivity contribution < 1.29 is 4.79 Å². The first-order chi connectivity index (χ1) is 5.70. The van der Waals surface area contributed by atoms with Gasteiger partial charge in [0.05, 0.1) is 0 Å². The van der Waals surface area contributed by atoms with Crippen molar-refractivity contribution in [2.24, 2.45) is 0 Å². The molecule has 0 aromatic rings. The Labute approximate surface area is 74.5 Å². The summed E-state index contributed by atoms with van der Waals surface area (Å²) in [5, 5.41) is 0. The molecule has 1 heteroatoms. The molecule has 0 rings (SSSR count). The summed E-state index contributed by atoms with van der Waals surface area (Å²) >= 11 is 0. The molecule has 1 nitrogen and oxygen atoms in total. The number of rotatable bonds is 4. The third kappa shape index (κ3) is 5.66. The Hall–Kier alpha value is -1.11. The van der Waals surface area contributed by atoms with Gasteiger partial charge in [-0.05, 0) is 26.3 Å². The summed E-state index contributed by atoms with van der Waals surface area (Å²) in [5.41, 5.74) is 1.06. The van der Waals surface area contributed by atoms with Gasteiger partial charge in [-0.3, -0.25) is 4.79 Å². The SMILES string of the molecule is C\C=C/C=C(\C=C/C)CC(C)=O. The molecule has 0 aromatic carbocycles. The lowest BCUT2D eigenvalue weighted by Gasteiger charge is -1.95. The average molecular weight is 164 g/mol. The monoisotopic (exact) mass is 164 g/mol. The number of Topliss-reactive ketones (excluding diaryl/α,β-unsaturated/α-hetero) is 1. The summed E-state index contributed by atoms with van der Waals surface area (Å²) in [4.78, 5) is 10.8. The summed E-state index contributed by atoms with van der Waals surface area (Å²) in [7, 11) is 0. The lowest BCUT2D eigenvalue weighted by Crippen LogP contribution is -1.90. The van der Waals surface area contributed by atoms with E-state index in [1.807, 2.05) is 44.2 Å². The Bertz CT molecular complexity index is 219. The fraction of sp³-hybridized carbons (Fsp3) is 0.364. The highest BCUT2D eigenvalue weighted by molar-refractivity contribution is 5.78. The molecular formula is C11H16O. The number of ketones is 1. The number of hydrogen-bond donors (Lipinski definition) is 0. The Balaban J connectivity index is 4.32. The highest BCUT2D eigenvalue weighted by atomic mass is 16.1. The second kappa shape index (κ2) is 6.59. The van der Waals surface area contributed by atoms with E-state index in [1.54, 1.807) is 6.92 Å². The fourth-order valence-electron chi connectivity index (χ4n) is 0.895. The second-order valence-electron chi connectivity index (χ2n) is 2.65. The third-order valence-electron chi connectivity index (χ3n) is 1.34. The molecule has 0 heterocycles. The van der Waals surface area contributed by atoms with E-state index >= 15 is 0 Å². The largest absolute Gasteiger partial charge is 0.300 e. The van der Waals surface area contributed by atoms with Crippen molar-refractivity contribution in [3.63, 3.8) is 0 Å². The maximum atomic E-state index is 10.8. The number of carbonyl (C=O) groups excluding carboxylic acids is 1. The molecule has 0 spiro atoms. The van der Waals surface area contributed by atoms with Gasteiger partial charge in [-0.15, -0.1) is 0 Å². The molecule has 12 heavy (non-hydrogen) atoms. The highest BCUT2D eigenvalue weighted by Gasteiger charge is 1.95. The number of allylic oxidation sites excluding steroid dienone is 6. The van der Waals surface area contributed by atoms with Gasteiger partial charge < -0.3 is 0 Å². The van der Waals surface area contributed by atoms with Crippen LogP contribution in [-0.4, -0.2) is 5.78 Å². The van der Waals surface area contributed by atoms with Crippen LogP contribution >= 0.6 is 0 Å². The van der Waals surface area contributed by atoms with Gasteiger partial charge in [0, 0.05) is 6.42 Å². The zero-order valence-electron chi connectivity index (χ0n) is 8.00. The van der Waals surface area contributed by atoms with Crippen molar-refractivity contribution in [3.8, 4) is 0 Å². The van der Waals surface area contributed by atoms with Gasteiger partial charge in [-0.25, -0.2) is 0 Å². The van der Waals surface area contributed by atoms with E-state index in [1.165, 1.54) is 0 Å². The molecule has 0 aromatic heterocycles. The first kappa shape index (κ1) is 10.9. The molecule has 0 saturated heterocycles. The van der Waals surface area contributed by atoms with Crippen LogP contribution < -0.4 is 0 Å². The first-order valence-electron chi connectivity index (χ1n) is 4.14. The van der Waals surface area contributed by atoms with Crippen molar-refractivity contribution in [2.45, 2.75) is 27.2 Å². The molecule has 0 amide bonds. The smallest absolute Gasteiger partial charge is 0.134 e. The molecule has 0 N–H and O–H groups in total. The van der Waals surface area contributed by atoms with Crippen LogP contribution in [0.4, 0.5) is 0 Å². The minimum absolute atomic E-state index is 0.198. The van der Waals surface area contributed by atoms with Crippen LogP contribution in [0.1, 0.15) is 27.2 Å². The van der Waals surface area contributed by atoms with Crippen LogP contribution in [-0.2, 0) is 4.79 Å². The Morgan fingerprint density at radius 1 is 1.25 bits per heavy atom. The van der Waals surface area contributed by atoms with Crippen LogP contribution in [0, 0.1) is 0 Å². The summed E-state index contributed by atoms with van der Waals surface area (Å²) in [6, 6.07) is 0. The van der Waals surface area contributed by atoms with E-state index in [2.05, 4.69) is 0 Å². The maximum absolute atomic E-state index is 10.8.